The molecule has 1 aromatic carbocycles. The molecule has 1 aromatic heterocycles. The first kappa shape index (κ1) is 14.0. The number of aromatic nitrogens is 2. The lowest BCUT2D eigenvalue weighted by atomic mass is 10.1. The van der Waals surface area contributed by atoms with Crippen LogP contribution >= 0.6 is 0 Å². The molecule has 20 heavy (non-hydrogen) atoms. The highest BCUT2D eigenvalue weighted by molar-refractivity contribution is 5.98. The minimum Gasteiger partial charge on any atom is -0.493 e. The SMILES string of the molecule is CCOc1ccccc1C(=O)Cn1cnc(C)cc1=O. The molecule has 0 bridgehead atoms. The highest BCUT2D eigenvalue weighted by atomic mass is 16.5. The molecule has 0 aliphatic rings. The van der Waals surface area contributed by atoms with Gasteiger partial charge >= 0.3 is 0 Å². The Morgan fingerprint density at radius 1 is 1.35 bits per heavy atom. The van der Waals surface area contributed by atoms with Crippen LogP contribution in [0.3, 0.4) is 0 Å². The zero-order valence-corrected chi connectivity index (χ0v) is 11.5. The number of aryl methyl sites for hydroxylation is 1. The third-order valence-electron chi connectivity index (χ3n) is 2.82. The molecule has 5 heteroatoms. The number of ketones is 1. The van der Waals surface area contributed by atoms with Gasteiger partial charge < -0.3 is 4.74 Å². The van der Waals surface area contributed by atoms with E-state index in [1.54, 1.807) is 31.2 Å². The second kappa shape index (κ2) is 6.14. The van der Waals surface area contributed by atoms with Crippen molar-refractivity contribution in [2.45, 2.75) is 20.4 Å². The van der Waals surface area contributed by atoms with Gasteiger partial charge in [-0.1, -0.05) is 12.1 Å². The molecule has 5 nitrogen and oxygen atoms in total. The van der Waals surface area contributed by atoms with E-state index >= 15 is 0 Å². The molecule has 1 heterocycles. The van der Waals surface area contributed by atoms with E-state index in [-0.39, 0.29) is 17.9 Å². The summed E-state index contributed by atoms with van der Waals surface area (Å²) in [5.74, 6) is 0.356. The van der Waals surface area contributed by atoms with Gasteiger partial charge in [-0.05, 0) is 26.0 Å². The quantitative estimate of drug-likeness (QED) is 0.779. The Morgan fingerprint density at radius 3 is 2.80 bits per heavy atom. The van der Waals surface area contributed by atoms with Gasteiger partial charge in [-0.25, -0.2) is 4.98 Å². The number of Topliss-reactive ketones (excluding diaryl/α,β-unsaturated/α-hetero) is 1. The van der Waals surface area contributed by atoms with Crippen molar-refractivity contribution < 1.29 is 9.53 Å². The molecule has 2 rings (SSSR count). The Hall–Kier alpha value is -2.43. The molecule has 104 valence electrons. The van der Waals surface area contributed by atoms with Gasteiger partial charge in [0.2, 0.25) is 0 Å². The van der Waals surface area contributed by atoms with Crippen LogP contribution < -0.4 is 10.3 Å². The maximum absolute atomic E-state index is 12.3. The number of carbonyl (C=O) groups excluding carboxylic acids is 1. The monoisotopic (exact) mass is 272 g/mol. The topological polar surface area (TPSA) is 61.2 Å². The van der Waals surface area contributed by atoms with Crippen molar-refractivity contribution in [1.82, 2.24) is 9.55 Å². The van der Waals surface area contributed by atoms with Crippen LogP contribution in [0.15, 0.2) is 41.5 Å². The fourth-order valence-corrected chi connectivity index (χ4v) is 1.85. The molecule has 0 saturated heterocycles. The second-order valence-corrected chi connectivity index (χ2v) is 4.35. The summed E-state index contributed by atoms with van der Waals surface area (Å²) in [6.45, 7) is 4.03. The maximum atomic E-state index is 12.3. The van der Waals surface area contributed by atoms with E-state index in [2.05, 4.69) is 4.98 Å². The van der Waals surface area contributed by atoms with Crippen molar-refractivity contribution in [3.05, 3.63) is 58.3 Å². The van der Waals surface area contributed by atoms with E-state index in [1.165, 1.54) is 17.0 Å². The fourth-order valence-electron chi connectivity index (χ4n) is 1.85. The lowest BCUT2D eigenvalue weighted by Crippen LogP contribution is -2.24. The van der Waals surface area contributed by atoms with Gasteiger partial charge in [-0.15, -0.1) is 0 Å². The van der Waals surface area contributed by atoms with Crippen molar-refractivity contribution in [1.29, 1.82) is 0 Å². The van der Waals surface area contributed by atoms with Gasteiger partial charge in [0.25, 0.3) is 5.56 Å². The van der Waals surface area contributed by atoms with Gasteiger partial charge in [-0.3, -0.25) is 14.2 Å². The fraction of sp³-hybridized carbons (Fsp3) is 0.267. The number of hydrogen-bond acceptors (Lipinski definition) is 4. The first-order chi connectivity index (χ1) is 9.61. The summed E-state index contributed by atoms with van der Waals surface area (Å²) in [6.07, 6.45) is 1.39. The van der Waals surface area contributed by atoms with Crippen molar-refractivity contribution in [2.75, 3.05) is 6.61 Å². The smallest absolute Gasteiger partial charge is 0.253 e. The second-order valence-electron chi connectivity index (χ2n) is 4.35. The van der Waals surface area contributed by atoms with Gasteiger partial charge in [-0.2, -0.15) is 0 Å². The van der Waals surface area contributed by atoms with Crippen LogP contribution in [0, 0.1) is 6.92 Å². The van der Waals surface area contributed by atoms with Crippen LogP contribution in [-0.4, -0.2) is 21.9 Å². The van der Waals surface area contributed by atoms with Crippen LogP contribution in [0.5, 0.6) is 5.75 Å². The number of nitrogens with zero attached hydrogens (tertiary/aromatic N) is 2. The average molecular weight is 272 g/mol. The summed E-state index contributed by atoms with van der Waals surface area (Å²) < 4.78 is 6.71. The average Bonchev–Trinajstić information content (AvgIpc) is 2.43. The first-order valence-corrected chi connectivity index (χ1v) is 6.40. The first-order valence-electron chi connectivity index (χ1n) is 6.40. The number of carbonyl (C=O) groups is 1. The van der Waals surface area contributed by atoms with Crippen molar-refractivity contribution in [2.24, 2.45) is 0 Å². The molecule has 0 aliphatic carbocycles. The highest BCUT2D eigenvalue weighted by Crippen LogP contribution is 2.18. The van der Waals surface area contributed by atoms with Crippen LogP contribution in [0.1, 0.15) is 23.0 Å². The molecule has 2 aromatic rings. The summed E-state index contributed by atoms with van der Waals surface area (Å²) in [7, 11) is 0. The summed E-state index contributed by atoms with van der Waals surface area (Å²) in [6, 6.07) is 8.42. The maximum Gasteiger partial charge on any atom is 0.253 e. The Labute approximate surface area is 116 Å². The van der Waals surface area contributed by atoms with E-state index in [9.17, 15) is 9.59 Å². The van der Waals surface area contributed by atoms with Gasteiger partial charge in [0.1, 0.15) is 5.75 Å². The summed E-state index contributed by atoms with van der Waals surface area (Å²) in [5.41, 5.74) is 0.870. The molecule has 0 spiro atoms. The normalized spacial score (nSPS) is 10.3. The number of para-hydroxylation sites is 1. The predicted octanol–water partition coefficient (Wildman–Crippen LogP) is 1.83. The Balaban J connectivity index is 2.26. The van der Waals surface area contributed by atoms with E-state index < -0.39 is 0 Å². The third-order valence-corrected chi connectivity index (χ3v) is 2.82. The zero-order chi connectivity index (χ0) is 14.5. The third kappa shape index (κ3) is 3.12. The van der Waals surface area contributed by atoms with Crippen molar-refractivity contribution in [3.63, 3.8) is 0 Å². The molecule has 0 aliphatic heterocycles. The van der Waals surface area contributed by atoms with Crippen LogP contribution in [0.2, 0.25) is 0 Å². The molecular weight excluding hydrogens is 256 g/mol. The van der Waals surface area contributed by atoms with Crippen molar-refractivity contribution in [3.8, 4) is 5.75 Å². The number of rotatable bonds is 5. The lowest BCUT2D eigenvalue weighted by Gasteiger charge is -2.10. The molecule has 0 N–H and O–H groups in total. The summed E-state index contributed by atoms with van der Waals surface area (Å²) in [5, 5.41) is 0. The van der Waals surface area contributed by atoms with E-state index in [0.717, 1.165) is 0 Å². The molecule has 0 amide bonds. The highest BCUT2D eigenvalue weighted by Gasteiger charge is 2.13. The molecule has 0 fully saturated rings. The van der Waals surface area contributed by atoms with E-state index in [4.69, 9.17) is 4.74 Å². The van der Waals surface area contributed by atoms with Gasteiger partial charge in [0.05, 0.1) is 25.0 Å². The molecular formula is C15H16N2O3. The predicted molar refractivity (Wildman–Crippen MR) is 75.2 cm³/mol. The number of ether oxygens (including phenoxy) is 1. The Kier molecular flexibility index (Phi) is 4.30. The lowest BCUT2D eigenvalue weighted by molar-refractivity contribution is 0.0966. The molecule has 0 unspecified atom stereocenters. The molecule has 0 saturated carbocycles. The van der Waals surface area contributed by atoms with Gasteiger partial charge in [0, 0.05) is 11.8 Å². The standard InChI is InChI=1S/C15H16N2O3/c1-3-20-14-7-5-4-6-12(14)13(18)9-17-10-16-11(2)8-15(17)19/h4-8,10H,3,9H2,1-2H3. The van der Waals surface area contributed by atoms with Gasteiger partial charge in [0.15, 0.2) is 5.78 Å². The minimum atomic E-state index is -0.236. The minimum absolute atomic E-state index is 0.0454. The largest absolute Gasteiger partial charge is 0.493 e. The van der Waals surface area contributed by atoms with Crippen LogP contribution in [-0.2, 0) is 6.54 Å². The molecule has 0 radical (unpaired) electrons. The zero-order valence-electron chi connectivity index (χ0n) is 11.5. The van der Waals surface area contributed by atoms with E-state index in [1.807, 2.05) is 6.92 Å². The summed E-state index contributed by atoms with van der Waals surface area (Å²) >= 11 is 0. The Morgan fingerprint density at radius 2 is 2.10 bits per heavy atom. The molecule has 0 atom stereocenters. The van der Waals surface area contributed by atoms with Crippen LogP contribution in [0.25, 0.3) is 0 Å². The van der Waals surface area contributed by atoms with Crippen molar-refractivity contribution >= 4 is 5.78 Å². The Bertz CT molecular complexity index is 677. The summed E-state index contributed by atoms with van der Waals surface area (Å²) in [4.78, 5) is 28.1. The van der Waals surface area contributed by atoms with E-state index in [0.29, 0.717) is 23.6 Å². The number of hydrogen-bond donors (Lipinski definition) is 0. The number of benzene rings is 1. The van der Waals surface area contributed by atoms with Crippen LogP contribution in [0.4, 0.5) is 0 Å².